The molecule has 1 unspecified atom stereocenters. The third kappa shape index (κ3) is 3.54. The molecule has 3 nitrogen and oxygen atoms in total. The Balaban J connectivity index is 2.75. The zero-order valence-corrected chi connectivity index (χ0v) is 10.3. The lowest BCUT2D eigenvalue weighted by atomic mass is 9.88. The molecule has 1 aromatic rings. The Morgan fingerprint density at radius 1 is 1.38 bits per heavy atom. The molecule has 1 atom stereocenters. The van der Waals surface area contributed by atoms with Gasteiger partial charge in [-0.2, -0.15) is 11.8 Å². The van der Waals surface area contributed by atoms with Crippen LogP contribution in [0.25, 0.3) is 0 Å². The summed E-state index contributed by atoms with van der Waals surface area (Å²) in [5, 5.41) is 0. The SMILES string of the molecule is CSCCC(N)(Cc1ccccc1)C(N)=O. The van der Waals surface area contributed by atoms with Gasteiger partial charge in [0.2, 0.25) is 5.91 Å². The van der Waals surface area contributed by atoms with Gasteiger partial charge in [0.25, 0.3) is 0 Å². The predicted octanol–water partition coefficient (Wildman–Crippen LogP) is 1.17. The lowest BCUT2D eigenvalue weighted by Gasteiger charge is -2.25. The summed E-state index contributed by atoms with van der Waals surface area (Å²) in [5.74, 6) is 0.414. The number of amides is 1. The molecule has 0 aliphatic rings. The second-order valence-corrected chi connectivity index (χ2v) is 4.91. The van der Waals surface area contributed by atoms with Crippen molar-refractivity contribution in [1.29, 1.82) is 0 Å². The van der Waals surface area contributed by atoms with Gasteiger partial charge >= 0.3 is 0 Å². The van der Waals surface area contributed by atoms with Gasteiger partial charge in [-0.25, -0.2) is 0 Å². The van der Waals surface area contributed by atoms with Gasteiger partial charge in [0, 0.05) is 0 Å². The fourth-order valence-corrected chi connectivity index (χ4v) is 2.11. The van der Waals surface area contributed by atoms with Crippen molar-refractivity contribution in [2.75, 3.05) is 12.0 Å². The molecule has 0 aromatic heterocycles. The molecule has 4 heteroatoms. The van der Waals surface area contributed by atoms with Gasteiger partial charge < -0.3 is 11.5 Å². The second kappa shape index (κ2) is 5.92. The Hall–Kier alpha value is -1.00. The van der Waals surface area contributed by atoms with Gasteiger partial charge in [-0.3, -0.25) is 4.79 Å². The van der Waals surface area contributed by atoms with Gasteiger partial charge in [0.15, 0.2) is 0 Å². The summed E-state index contributed by atoms with van der Waals surface area (Å²) in [6.45, 7) is 0. The van der Waals surface area contributed by atoms with Crippen molar-refractivity contribution >= 4 is 17.7 Å². The van der Waals surface area contributed by atoms with E-state index < -0.39 is 11.4 Å². The van der Waals surface area contributed by atoms with Crippen LogP contribution >= 0.6 is 11.8 Å². The smallest absolute Gasteiger partial charge is 0.237 e. The van der Waals surface area contributed by atoms with Crippen molar-refractivity contribution in [1.82, 2.24) is 0 Å². The molecule has 0 saturated carbocycles. The molecule has 1 amide bonds. The fraction of sp³-hybridized carbons (Fsp3) is 0.417. The van der Waals surface area contributed by atoms with Crippen molar-refractivity contribution in [3.8, 4) is 0 Å². The second-order valence-electron chi connectivity index (χ2n) is 3.93. The summed E-state index contributed by atoms with van der Waals surface area (Å²) >= 11 is 1.67. The molecule has 0 heterocycles. The van der Waals surface area contributed by atoms with E-state index in [1.807, 2.05) is 36.6 Å². The first kappa shape index (κ1) is 13.1. The van der Waals surface area contributed by atoms with E-state index in [0.717, 1.165) is 11.3 Å². The highest BCUT2D eigenvalue weighted by Crippen LogP contribution is 2.16. The van der Waals surface area contributed by atoms with E-state index in [0.29, 0.717) is 12.8 Å². The topological polar surface area (TPSA) is 69.1 Å². The standard InChI is InChI=1S/C12H18N2OS/c1-16-8-7-12(14,11(13)15)9-10-5-3-2-4-6-10/h2-6H,7-9,14H2,1H3,(H2,13,15). The number of hydrogen-bond donors (Lipinski definition) is 2. The van der Waals surface area contributed by atoms with Crippen LogP contribution in [0.1, 0.15) is 12.0 Å². The zero-order valence-electron chi connectivity index (χ0n) is 9.48. The Kier molecular flexibility index (Phi) is 4.83. The monoisotopic (exact) mass is 238 g/mol. The minimum absolute atomic E-state index is 0.426. The van der Waals surface area contributed by atoms with Crippen LogP contribution in [0, 0.1) is 0 Å². The summed E-state index contributed by atoms with van der Waals surface area (Å²) in [7, 11) is 0. The first-order chi connectivity index (χ1) is 7.58. The molecule has 16 heavy (non-hydrogen) atoms. The number of primary amides is 1. The van der Waals surface area contributed by atoms with E-state index in [4.69, 9.17) is 11.5 Å². The third-order valence-corrected chi connectivity index (χ3v) is 3.22. The van der Waals surface area contributed by atoms with Crippen molar-refractivity contribution in [2.45, 2.75) is 18.4 Å². The number of hydrogen-bond acceptors (Lipinski definition) is 3. The summed E-state index contributed by atoms with van der Waals surface area (Å²) in [4.78, 5) is 11.4. The van der Waals surface area contributed by atoms with Gasteiger partial charge in [-0.05, 0) is 30.4 Å². The summed E-state index contributed by atoms with van der Waals surface area (Å²) < 4.78 is 0. The molecule has 0 saturated heterocycles. The van der Waals surface area contributed by atoms with Crippen LogP contribution in [-0.4, -0.2) is 23.5 Å². The Morgan fingerprint density at radius 3 is 2.50 bits per heavy atom. The maximum absolute atomic E-state index is 11.4. The highest BCUT2D eigenvalue weighted by atomic mass is 32.2. The highest BCUT2D eigenvalue weighted by molar-refractivity contribution is 7.98. The van der Waals surface area contributed by atoms with Crippen LogP contribution in [0.2, 0.25) is 0 Å². The van der Waals surface area contributed by atoms with Crippen molar-refractivity contribution in [3.63, 3.8) is 0 Å². The van der Waals surface area contributed by atoms with E-state index in [9.17, 15) is 4.79 Å². The Labute approximate surface area is 101 Å². The minimum atomic E-state index is -0.926. The molecule has 88 valence electrons. The zero-order chi connectivity index (χ0) is 12.0. The lowest BCUT2D eigenvalue weighted by Crippen LogP contribution is -2.54. The van der Waals surface area contributed by atoms with Crippen molar-refractivity contribution in [3.05, 3.63) is 35.9 Å². The molecule has 4 N–H and O–H groups in total. The van der Waals surface area contributed by atoms with Crippen LogP contribution in [-0.2, 0) is 11.2 Å². The number of carbonyl (C=O) groups excluding carboxylic acids is 1. The summed E-state index contributed by atoms with van der Waals surface area (Å²) in [5.41, 5.74) is 11.6. The number of rotatable bonds is 6. The maximum Gasteiger partial charge on any atom is 0.237 e. The van der Waals surface area contributed by atoms with Gasteiger partial charge in [-0.1, -0.05) is 30.3 Å². The van der Waals surface area contributed by atoms with Crippen molar-refractivity contribution < 1.29 is 4.79 Å². The van der Waals surface area contributed by atoms with E-state index in [1.165, 1.54) is 0 Å². The third-order valence-electron chi connectivity index (χ3n) is 2.61. The van der Waals surface area contributed by atoms with Crippen molar-refractivity contribution in [2.24, 2.45) is 11.5 Å². The molecule has 0 spiro atoms. The van der Waals surface area contributed by atoms with Gasteiger partial charge in [0.05, 0.1) is 5.54 Å². The molecule has 0 aliphatic carbocycles. The Bertz CT molecular complexity index is 342. The largest absolute Gasteiger partial charge is 0.368 e. The van der Waals surface area contributed by atoms with Gasteiger partial charge in [0.1, 0.15) is 0 Å². The van der Waals surface area contributed by atoms with Crippen LogP contribution in [0.5, 0.6) is 0 Å². The fourth-order valence-electron chi connectivity index (χ4n) is 1.54. The van der Waals surface area contributed by atoms with E-state index in [2.05, 4.69) is 0 Å². The predicted molar refractivity (Wildman–Crippen MR) is 69.3 cm³/mol. The minimum Gasteiger partial charge on any atom is -0.368 e. The molecular formula is C12H18N2OS. The lowest BCUT2D eigenvalue weighted by molar-refractivity contribution is -0.123. The average Bonchev–Trinajstić information content (AvgIpc) is 2.27. The highest BCUT2D eigenvalue weighted by Gasteiger charge is 2.31. The molecule has 0 aliphatic heterocycles. The maximum atomic E-state index is 11.4. The first-order valence-corrected chi connectivity index (χ1v) is 6.59. The molecule has 1 aromatic carbocycles. The molecular weight excluding hydrogens is 220 g/mol. The molecule has 0 radical (unpaired) electrons. The number of thioether (sulfide) groups is 1. The van der Waals surface area contributed by atoms with Gasteiger partial charge in [-0.15, -0.1) is 0 Å². The average molecular weight is 238 g/mol. The van der Waals surface area contributed by atoms with Crippen LogP contribution in [0.3, 0.4) is 0 Å². The molecule has 0 fully saturated rings. The quantitative estimate of drug-likeness (QED) is 0.781. The van der Waals surface area contributed by atoms with Crippen LogP contribution in [0.15, 0.2) is 30.3 Å². The van der Waals surface area contributed by atoms with E-state index in [1.54, 1.807) is 11.8 Å². The molecule has 0 bridgehead atoms. The Morgan fingerprint density at radius 2 is 2.00 bits per heavy atom. The summed E-state index contributed by atoms with van der Waals surface area (Å²) in [6.07, 6.45) is 3.10. The van der Waals surface area contributed by atoms with E-state index >= 15 is 0 Å². The number of benzene rings is 1. The molecule has 1 rings (SSSR count). The summed E-state index contributed by atoms with van der Waals surface area (Å²) in [6, 6.07) is 9.73. The first-order valence-electron chi connectivity index (χ1n) is 5.20. The normalized spacial score (nSPS) is 14.4. The number of nitrogens with two attached hydrogens (primary N) is 2. The van der Waals surface area contributed by atoms with Crippen LogP contribution < -0.4 is 11.5 Å². The number of carbonyl (C=O) groups is 1. The van der Waals surface area contributed by atoms with Crippen LogP contribution in [0.4, 0.5) is 0 Å². The van der Waals surface area contributed by atoms with E-state index in [-0.39, 0.29) is 0 Å².